The number of nitrogens with zero attached hydrogens (tertiary/aromatic N) is 2. The fourth-order valence-electron chi connectivity index (χ4n) is 0.779. The third-order valence-corrected chi connectivity index (χ3v) is 3.79. The van der Waals surface area contributed by atoms with Crippen molar-refractivity contribution in [3.8, 4) is 0 Å². The third-order valence-electron chi connectivity index (χ3n) is 1.57. The van der Waals surface area contributed by atoms with E-state index in [-0.39, 0.29) is 6.42 Å². The van der Waals surface area contributed by atoms with Crippen molar-refractivity contribution in [2.45, 2.75) is 21.0 Å². The molecule has 0 aliphatic carbocycles. The minimum atomic E-state index is -3.61. The molecule has 1 heterocycles. The Morgan fingerprint density at radius 3 is 2.78 bits per heavy atom. The van der Waals surface area contributed by atoms with Gasteiger partial charge in [0, 0.05) is 5.75 Å². The maximum absolute atomic E-state index is 12.4. The summed E-state index contributed by atoms with van der Waals surface area (Å²) in [6, 6.07) is 0. The highest BCUT2D eigenvalue weighted by atomic mass is 32.2. The first-order chi connectivity index (χ1) is 8.43. The van der Waals surface area contributed by atoms with Crippen molar-refractivity contribution in [3.05, 3.63) is 0 Å². The van der Waals surface area contributed by atoms with Crippen LogP contribution in [0.15, 0.2) is 8.68 Å². The van der Waals surface area contributed by atoms with E-state index < -0.39 is 25.2 Å². The lowest BCUT2D eigenvalue weighted by Crippen LogP contribution is -2.27. The fraction of sp³-hybridized carbons (Fsp3) is 0.625. The van der Waals surface area contributed by atoms with E-state index in [4.69, 9.17) is 0 Å². The summed E-state index contributed by atoms with van der Waals surface area (Å²) in [6.07, 6.45) is -0.0610. The molecule has 1 aromatic rings. The van der Waals surface area contributed by atoms with E-state index in [1.165, 1.54) is 23.1 Å². The molecule has 0 aliphatic heterocycles. The maximum atomic E-state index is 12.4. The van der Waals surface area contributed by atoms with E-state index in [9.17, 15) is 18.0 Å². The lowest BCUT2D eigenvalue weighted by molar-refractivity contribution is -0.156. The average Bonchev–Trinajstić information content (AvgIpc) is 2.73. The molecule has 0 bridgehead atoms. The number of esters is 1. The van der Waals surface area contributed by atoms with E-state index in [0.717, 1.165) is 0 Å². The molecule has 0 aliphatic rings. The Balaban J connectivity index is 2.18. The van der Waals surface area contributed by atoms with Crippen LogP contribution in [-0.2, 0) is 9.53 Å². The minimum absolute atomic E-state index is 0.0610. The van der Waals surface area contributed by atoms with Crippen LogP contribution in [0, 0.1) is 0 Å². The van der Waals surface area contributed by atoms with Crippen LogP contribution < -0.4 is 0 Å². The zero-order chi connectivity index (χ0) is 13.6. The molecular weight excluding hydrogens is 309 g/mol. The van der Waals surface area contributed by atoms with Crippen LogP contribution in [0.2, 0.25) is 0 Å². The van der Waals surface area contributed by atoms with Crippen molar-refractivity contribution in [1.82, 2.24) is 10.2 Å². The summed E-state index contributed by atoms with van der Waals surface area (Å²) in [6.45, 7) is -3.07. The summed E-state index contributed by atoms with van der Waals surface area (Å²) in [7, 11) is 0. The summed E-state index contributed by atoms with van der Waals surface area (Å²) in [4.78, 5) is 11.1. The van der Waals surface area contributed by atoms with E-state index in [0.29, 0.717) is 14.4 Å². The smallest absolute Gasteiger partial charge is 0.309 e. The molecule has 102 valence electrons. The van der Waals surface area contributed by atoms with Gasteiger partial charge in [0.1, 0.15) is 0 Å². The van der Waals surface area contributed by atoms with Gasteiger partial charge in [-0.1, -0.05) is 23.1 Å². The molecule has 1 rings (SSSR count). The first-order valence-electron chi connectivity index (χ1n) is 4.67. The zero-order valence-electron chi connectivity index (χ0n) is 8.94. The zero-order valence-corrected chi connectivity index (χ0v) is 11.5. The standard InChI is InChI=1S/C8H9F3N2O2S3/c9-3-8(10,11)4-15-5(14)1-2-17-7-13-12-6(16)18-7/h1-4H2,(H,12,16). The molecular formula is C8H9F3N2O2S3. The number of alkyl halides is 3. The molecule has 0 saturated carbocycles. The van der Waals surface area contributed by atoms with Crippen LogP contribution in [0.1, 0.15) is 6.42 Å². The summed E-state index contributed by atoms with van der Waals surface area (Å²) >= 11 is 6.45. The largest absolute Gasteiger partial charge is 0.459 e. The van der Waals surface area contributed by atoms with Crippen molar-refractivity contribution in [2.75, 3.05) is 19.0 Å². The number of hydrogen-bond acceptors (Lipinski definition) is 7. The minimum Gasteiger partial charge on any atom is -0.459 e. The van der Waals surface area contributed by atoms with Gasteiger partial charge in [0.15, 0.2) is 22.0 Å². The molecule has 10 heteroatoms. The van der Waals surface area contributed by atoms with Crippen molar-refractivity contribution in [1.29, 1.82) is 0 Å². The Hall–Kier alpha value is -0.480. The monoisotopic (exact) mass is 318 g/mol. The predicted octanol–water partition coefficient (Wildman–Crippen LogP) is 2.46. The fourth-order valence-corrected chi connectivity index (χ4v) is 2.85. The highest BCUT2D eigenvalue weighted by Crippen LogP contribution is 2.24. The molecule has 0 N–H and O–H groups in total. The van der Waals surface area contributed by atoms with Gasteiger partial charge in [-0.2, -0.15) is 8.78 Å². The highest BCUT2D eigenvalue weighted by molar-refractivity contribution is 8.01. The quantitative estimate of drug-likeness (QED) is 0.475. The Labute approximate surface area is 115 Å². The highest BCUT2D eigenvalue weighted by Gasteiger charge is 2.30. The SMILES string of the molecule is O=C(CCSc1nnc(S)s1)OCC(F)(F)CF. The van der Waals surface area contributed by atoms with Crippen LogP contribution >= 0.6 is 35.7 Å². The molecule has 0 amide bonds. The van der Waals surface area contributed by atoms with Gasteiger partial charge in [0.25, 0.3) is 0 Å². The topological polar surface area (TPSA) is 52.1 Å². The maximum Gasteiger partial charge on any atom is 0.309 e. The van der Waals surface area contributed by atoms with Crippen LogP contribution in [0.25, 0.3) is 0 Å². The predicted molar refractivity (Wildman–Crippen MR) is 64.4 cm³/mol. The summed E-state index contributed by atoms with van der Waals surface area (Å²) in [5.41, 5.74) is 0. The van der Waals surface area contributed by atoms with Crippen molar-refractivity contribution >= 4 is 41.7 Å². The Morgan fingerprint density at radius 1 is 1.50 bits per heavy atom. The second kappa shape index (κ2) is 7.19. The van der Waals surface area contributed by atoms with Gasteiger partial charge in [0.05, 0.1) is 6.42 Å². The van der Waals surface area contributed by atoms with Gasteiger partial charge in [-0.15, -0.1) is 22.8 Å². The molecule has 0 atom stereocenters. The normalized spacial score (nSPS) is 11.6. The number of halogens is 3. The van der Waals surface area contributed by atoms with E-state index in [2.05, 4.69) is 27.6 Å². The van der Waals surface area contributed by atoms with Crippen LogP contribution in [0.5, 0.6) is 0 Å². The molecule has 18 heavy (non-hydrogen) atoms. The first kappa shape index (κ1) is 15.6. The van der Waals surface area contributed by atoms with Gasteiger partial charge in [-0.25, -0.2) is 4.39 Å². The Morgan fingerprint density at radius 2 is 2.22 bits per heavy atom. The molecule has 0 unspecified atom stereocenters. The van der Waals surface area contributed by atoms with Crippen molar-refractivity contribution in [2.24, 2.45) is 0 Å². The summed E-state index contributed by atoms with van der Waals surface area (Å²) < 4.78 is 42.0. The number of hydrogen-bond donors (Lipinski definition) is 1. The number of carbonyl (C=O) groups is 1. The lowest BCUT2D eigenvalue weighted by Gasteiger charge is -2.11. The number of thioether (sulfide) groups is 1. The summed E-state index contributed by atoms with van der Waals surface area (Å²) in [5.74, 6) is -4.09. The lowest BCUT2D eigenvalue weighted by atomic mass is 10.4. The molecule has 0 fully saturated rings. The number of aromatic nitrogens is 2. The molecule has 1 aromatic heterocycles. The second-order valence-electron chi connectivity index (χ2n) is 3.10. The van der Waals surface area contributed by atoms with Crippen molar-refractivity contribution in [3.63, 3.8) is 0 Å². The Bertz CT molecular complexity index is 403. The Kier molecular flexibility index (Phi) is 6.22. The van der Waals surface area contributed by atoms with Gasteiger partial charge >= 0.3 is 11.9 Å². The molecule has 4 nitrogen and oxygen atoms in total. The average molecular weight is 318 g/mol. The van der Waals surface area contributed by atoms with Gasteiger partial charge < -0.3 is 4.74 Å². The van der Waals surface area contributed by atoms with Crippen molar-refractivity contribution < 1.29 is 22.7 Å². The second-order valence-corrected chi connectivity index (χ2v) is 6.15. The molecule has 0 aromatic carbocycles. The molecule has 0 saturated heterocycles. The van der Waals surface area contributed by atoms with Gasteiger partial charge in [0.2, 0.25) is 0 Å². The van der Waals surface area contributed by atoms with E-state index >= 15 is 0 Å². The molecule has 0 radical (unpaired) electrons. The third kappa shape index (κ3) is 5.91. The van der Waals surface area contributed by atoms with Gasteiger partial charge in [-0.3, -0.25) is 4.79 Å². The van der Waals surface area contributed by atoms with Crippen LogP contribution in [0.4, 0.5) is 13.2 Å². The molecule has 0 spiro atoms. The number of rotatable bonds is 7. The van der Waals surface area contributed by atoms with E-state index in [1.807, 2.05) is 0 Å². The number of thiol groups is 1. The number of ether oxygens (including phenoxy) is 1. The van der Waals surface area contributed by atoms with Crippen LogP contribution in [0.3, 0.4) is 0 Å². The summed E-state index contributed by atoms with van der Waals surface area (Å²) in [5, 5.41) is 7.39. The van der Waals surface area contributed by atoms with E-state index in [1.54, 1.807) is 0 Å². The number of carbonyl (C=O) groups excluding carboxylic acids is 1. The first-order valence-corrected chi connectivity index (χ1v) is 6.92. The van der Waals surface area contributed by atoms with Crippen LogP contribution in [-0.4, -0.2) is 41.1 Å². The van der Waals surface area contributed by atoms with Gasteiger partial charge in [-0.05, 0) is 0 Å².